The molecule has 1 heterocycles. The topological polar surface area (TPSA) is 37.8 Å². The minimum absolute atomic E-state index is 0.396. The fraction of sp³-hybridized carbons (Fsp3) is 0.286. The molecule has 3 rings (SSSR count). The van der Waals surface area contributed by atoms with Gasteiger partial charge in [0.15, 0.2) is 0 Å². The van der Waals surface area contributed by atoms with Gasteiger partial charge in [-0.2, -0.15) is 0 Å². The number of fused-ring (bicyclic) bond motifs is 1. The summed E-state index contributed by atoms with van der Waals surface area (Å²) >= 11 is 1.80. The summed E-state index contributed by atoms with van der Waals surface area (Å²) in [7, 11) is 2.02. The molecule has 1 aromatic heterocycles. The number of benzene rings is 1. The summed E-state index contributed by atoms with van der Waals surface area (Å²) < 4.78 is 0. The zero-order valence-electron chi connectivity index (χ0n) is 10.2. The second-order valence-corrected chi connectivity index (χ2v) is 5.63. The van der Waals surface area contributed by atoms with Crippen LogP contribution in [0.4, 0.5) is 0 Å². The maximum Gasteiger partial charge on any atom is 0.115 e. The first-order chi connectivity index (χ1) is 8.88. The van der Waals surface area contributed by atoms with Crippen LogP contribution < -0.4 is 5.32 Å². The van der Waals surface area contributed by atoms with Crippen LogP contribution in [0, 0.1) is 0 Å². The lowest BCUT2D eigenvalue weighted by Crippen LogP contribution is -2.23. The van der Waals surface area contributed by atoms with Crippen LogP contribution in [0.1, 0.15) is 17.2 Å². The fourth-order valence-corrected chi connectivity index (χ4v) is 3.75. The zero-order valence-corrected chi connectivity index (χ0v) is 11.0. The predicted molar refractivity (Wildman–Crippen MR) is 73.6 cm³/mol. The molecule has 0 amide bonds. The number of rotatable bonds is 3. The molecule has 1 aliphatic carbocycles. The van der Waals surface area contributed by atoms with Crippen LogP contribution >= 0.6 is 11.8 Å². The SMILES string of the molecule is CNC1c2ccccc2CC1Sc1cnccn1. The third kappa shape index (κ3) is 2.13. The molecule has 2 aromatic rings. The first kappa shape index (κ1) is 11.7. The molecule has 92 valence electrons. The van der Waals surface area contributed by atoms with Gasteiger partial charge in [0, 0.05) is 23.7 Å². The highest BCUT2D eigenvalue weighted by Crippen LogP contribution is 2.40. The van der Waals surface area contributed by atoms with Gasteiger partial charge in [-0.25, -0.2) is 4.98 Å². The van der Waals surface area contributed by atoms with Crippen molar-refractivity contribution in [2.24, 2.45) is 0 Å². The Kier molecular flexibility index (Phi) is 3.30. The largest absolute Gasteiger partial charge is 0.312 e. The number of hydrogen-bond acceptors (Lipinski definition) is 4. The van der Waals surface area contributed by atoms with Crippen LogP contribution in [-0.4, -0.2) is 22.3 Å². The predicted octanol–water partition coefficient (Wildman–Crippen LogP) is 2.45. The second kappa shape index (κ2) is 5.08. The Morgan fingerprint density at radius 1 is 1.28 bits per heavy atom. The molecule has 0 bridgehead atoms. The Hall–Kier alpha value is -1.39. The van der Waals surface area contributed by atoms with E-state index in [4.69, 9.17) is 0 Å². The highest BCUT2D eigenvalue weighted by atomic mass is 32.2. The van der Waals surface area contributed by atoms with Crippen molar-refractivity contribution in [3.8, 4) is 0 Å². The standard InChI is InChI=1S/C14H15N3S/c1-15-14-11-5-3-2-4-10(11)8-12(14)18-13-9-16-6-7-17-13/h2-7,9,12,14-15H,8H2,1H3. The van der Waals surface area contributed by atoms with Gasteiger partial charge in [0.1, 0.15) is 5.03 Å². The van der Waals surface area contributed by atoms with Crippen LogP contribution in [0.3, 0.4) is 0 Å². The third-order valence-corrected chi connectivity index (χ3v) is 4.50. The van der Waals surface area contributed by atoms with E-state index in [1.165, 1.54) is 11.1 Å². The van der Waals surface area contributed by atoms with Gasteiger partial charge in [0.2, 0.25) is 0 Å². The molecule has 1 N–H and O–H groups in total. The van der Waals surface area contributed by atoms with Gasteiger partial charge in [0.05, 0.1) is 6.20 Å². The van der Waals surface area contributed by atoms with E-state index < -0.39 is 0 Å². The van der Waals surface area contributed by atoms with Crippen LogP contribution in [0.2, 0.25) is 0 Å². The normalized spacial score (nSPS) is 21.8. The molecule has 0 fully saturated rings. The monoisotopic (exact) mass is 257 g/mol. The average Bonchev–Trinajstić information content (AvgIpc) is 2.77. The summed E-state index contributed by atoms with van der Waals surface area (Å²) in [6.07, 6.45) is 6.38. The van der Waals surface area contributed by atoms with Crippen molar-refractivity contribution in [1.29, 1.82) is 0 Å². The fourth-order valence-electron chi connectivity index (χ4n) is 2.51. The van der Waals surface area contributed by atoms with Crippen molar-refractivity contribution in [3.05, 3.63) is 54.0 Å². The lowest BCUT2D eigenvalue weighted by Gasteiger charge is -2.18. The van der Waals surface area contributed by atoms with Gasteiger partial charge < -0.3 is 5.32 Å². The average molecular weight is 257 g/mol. The van der Waals surface area contributed by atoms with E-state index in [0.717, 1.165) is 11.4 Å². The van der Waals surface area contributed by atoms with Crippen LogP contribution in [0.15, 0.2) is 47.9 Å². The van der Waals surface area contributed by atoms with E-state index in [-0.39, 0.29) is 0 Å². The molecule has 1 aromatic carbocycles. The molecular formula is C14H15N3S. The van der Waals surface area contributed by atoms with Crippen LogP contribution in [0.25, 0.3) is 0 Å². The van der Waals surface area contributed by atoms with E-state index in [9.17, 15) is 0 Å². The van der Waals surface area contributed by atoms with Crippen molar-refractivity contribution >= 4 is 11.8 Å². The van der Waals surface area contributed by atoms with Gasteiger partial charge >= 0.3 is 0 Å². The lowest BCUT2D eigenvalue weighted by atomic mass is 10.1. The van der Waals surface area contributed by atoms with Gasteiger partial charge in [-0.05, 0) is 24.6 Å². The zero-order chi connectivity index (χ0) is 12.4. The first-order valence-corrected chi connectivity index (χ1v) is 6.94. The van der Waals surface area contributed by atoms with Crippen molar-refractivity contribution < 1.29 is 0 Å². The molecule has 0 saturated heterocycles. The Balaban J connectivity index is 1.83. The Labute approximate surface area is 111 Å². The molecule has 18 heavy (non-hydrogen) atoms. The molecule has 1 aliphatic rings. The summed E-state index contributed by atoms with van der Waals surface area (Å²) in [6.45, 7) is 0. The van der Waals surface area contributed by atoms with Gasteiger partial charge in [-0.15, -0.1) is 0 Å². The second-order valence-electron chi connectivity index (χ2n) is 4.37. The number of nitrogens with one attached hydrogen (secondary N) is 1. The summed E-state index contributed by atoms with van der Waals surface area (Å²) in [5, 5.41) is 4.91. The molecular weight excluding hydrogens is 242 g/mol. The van der Waals surface area contributed by atoms with Crippen LogP contribution in [0.5, 0.6) is 0 Å². The lowest BCUT2D eigenvalue weighted by molar-refractivity contribution is 0.603. The molecule has 0 spiro atoms. The molecule has 2 unspecified atom stereocenters. The highest BCUT2D eigenvalue weighted by molar-refractivity contribution is 7.99. The van der Waals surface area contributed by atoms with Crippen molar-refractivity contribution in [3.63, 3.8) is 0 Å². The molecule has 0 saturated carbocycles. The summed E-state index contributed by atoms with van der Waals surface area (Å²) in [5.41, 5.74) is 2.86. The van der Waals surface area contributed by atoms with E-state index in [2.05, 4.69) is 39.6 Å². The molecule has 3 nitrogen and oxygen atoms in total. The highest BCUT2D eigenvalue weighted by Gasteiger charge is 2.31. The maximum atomic E-state index is 4.35. The minimum Gasteiger partial charge on any atom is -0.312 e. The molecule has 4 heteroatoms. The first-order valence-electron chi connectivity index (χ1n) is 6.06. The van der Waals surface area contributed by atoms with E-state index in [1.807, 2.05) is 13.2 Å². The van der Waals surface area contributed by atoms with Gasteiger partial charge in [-0.3, -0.25) is 4.98 Å². The maximum absolute atomic E-state index is 4.35. The quantitative estimate of drug-likeness (QED) is 0.916. The van der Waals surface area contributed by atoms with Gasteiger partial charge in [0.25, 0.3) is 0 Å². The van der Waals surface area contributed by atoms with Crippen molar-refractivity contribution in [1.82, 2.24) is 15.3 Å². The van der Waals surface area contributed by atoms with Crippen molar-refractivity contribution in [2.45, 2.75) is 22.7 Å². The summed E-state index contributed by atoms with van der Waals surface area (Å²) in [6, 6.07) is 9.05. The number of thioether (sulfide) groups is 1. The van der Waals surface area contributed by atoms with E-state index in [1.54, 1.807) is 24.2 Å². The van der Waals surface area contributed by atoms with E-state index >= 15 is 0 Å². The Morgan fingerprint density at radius 3 is 2.94 bits per heavy atom. The number of hydrogen-bond donors (Lipinski definition) is 1. The molecule has 0 radical (unpaired) electrons. The molecule has 2 atom stereocenters. The van der Waals surface area contributed by atoms with E-state index in [0.29, 0.717) is 11.3 Å². The number of aromatic nitrogens is 2. The molecule has 0 aliphatic heterocycles. The van der Waals surface area contributed by atoms with Crippen LogP contribution in [-0.2, 0) is 6.42 Å². The smallest absolute Gasteiger partial charge is 0.115 e. The third-order valence-electron chi connectivity index (χ3n) is 3.31. The van der Waals surface area contributed by atoms with Gasteiger partial charge in [-0.1, -0.05) is 36.0 Å². The Bertz CT molecular complexity index is 530. The summed E-state index contributed by atoms with van der Waals surface area (Å²) in [4.78, 5) is 8.47. The summed E-state index contributed by atoms with van der Waals surface area (Å²) in [5.74, 6) is 0. The Morgan fingerprint density at radius 2 is 2.17 bits per heavy atom. The minimum atomic E-state index is 0.396. The van der Waals surface area contributed by atoms with Crippen molar-refractivity contribution in [2.75, 3.05) is 7.05 Å². The number of nitrogens with zero attached hydrogens (tertiary/aromatic N) is 2.